The minimum absolute atomic E-state index is 0.142. The summed E-state index contributed by atoms with van der Waals surface area (Å²) in [4.78, 5) is 12.4. The van der Waals surface area contributed by atoms with Crippen LogP contribution < -0.4 is 11.3 Å². The van der Waals surface area contributed by atoms with Crippen molar-refractivity contribution in [1.29, 1.82) is 0 Å². The van der Waals surface area contributed by atoms with E-state index in [1.54, 1.807) is 31.2 Å². The van der Waals surface area contributed by atoms with Crippen LogP contribution in [0.1, 0.15) is 16.8 Å². The smallest absolute Gasteiger partial charge is 0.262 e. The zero-order chi connectivity index (χ0) is 15.6. The monoisotopic (exact) mass is 325 g/mol. The number of halogens is 2. The molecular formula is C14H13Cl2N3O2. The number of amidine groups is 1. The number of hydrogen-bond acceptors (Lipinski definition) is 3. The molecule has 3 N–H and O–H groups in total. The number of oxime groups is 1. The normalized spacial score (nSPS) is 11.7. The fraction of sp³-hybridized carbons (Fsp3) is 0.143. The number of aryl methyl sites for hydroxylation is 1. The van der Waals surface area contributed by atoms with Crippen molar-refractivity contribution in [2.45, 2.75) is 13.5 Å². The summed E-state index contributed by atoms with van der Waals surface area (Å²) < 4.78 is 1.52. The number of pyridine rings is 1. The molecule has 110 valence electrons. The van der Waals surface area contributed by atoms with Gasteiger partial charge in [-0.05, 0) is 36.8 Å². The van der Waals surface area contributed by atoms with Gasteiger partial charge in [0, 0.05) is 5.69 Å². The van der Waals surface area contributed by atoms with Gasteiger partial charge in [0.2, 0.25) is 0 Å². The maximum Gasteiger partial charge on any atom is 0.262 e. The van der Waals surface area contributed by atoms with Crippen molar-refractivity contribution in [1.82, 2.24) is 4.57 Å². The van der Waals surface area contributed by atoms with Crippen molar-refractivity contribution in [3.63, 3.8) is 0 Å². The highest BCUT2D eigenvalue weighted by Crippen LogP contribution is 2.23. The first-order valence-electron chi connectivity index (χ1n) is 6.06. The van der Waals surface area contributed by atoms with Crippen LogP contribution in [0.5, 0.6) is 0 Å². The van der Waals surface area contributed by atoms with Gasteiger partial charge in [0.25, 0.3) is 5.56 Å². The zero-order valence-corrected chi connectivity index (χ0v) is 12.7. The first kappa shape index (κ1) is 15.4. The maximum atomic E-state index is 12.4. The third-order valence-corrected chi connectivity index (χ3v) is 3.84. The zero-order valence-electron chi connectivity index (χ0n) is 11.2. The number of nitrogens with two attached hydrogens (primary N) is 1. The summed E-state index contributed by atoms with van der Waals surface area (Å²) in [5.41, 5.74) is 6.88. The van der Waals surface area contributed by atoms with Crippen molar-refractivity contribution in [3.8, 4) is 0 Å². The van der Waals surface area contributed by atoms with Gasteiger partial charge in [0.05, 0.1) is 22.2 Å². The van der Waals surface area contributed by atoms with Gasteiger partial charge in [-0.25, -0.2) is 0 Å². The molecule has 0 aliphatic carbocycles. The summed E-state index contributed by atoms with van der Waals surface area (Å²) in [7, 11) is 0. The Morgan fingerprint density at radius 1 is 1.29 bits per heavy atom. The Bertz CT molecular complexity index is 769. The van der Waals surface area contributed by atoms with Crippen LogP contribution in [0.3, 0.4) is 0 Å². The van der Waals surface area contributed by atoms with E-state index in [0.29, 0.717) is 16.6 Å². The second-order valence-corrected chi connectivity index (χ2v) is 5.33. The van der Waals surface area contributed by atoms with Crippen molar-refractivity contribution in [3.05, 3.63) is 67.6 Å². The molecule has 7 heteroatoms. The first-order chi connectivity index (χ1) is 9.93. The molecule has 21 heavy (non-hydrogen) atoms. The molecule has 2 rings (SSSR count). The topological polar surface area (TPSA) is 80.6 Å². The minimum atomic E-state index is -0.337. The fourth-order valence-corrected chi connectivity index (χ4v) is 2.26. The van der Waals surface area contributed by atoms with Crippen LogP contribution in [0.2, 0.25) is 10.0 Å². The van der Waals surface area contributed by atoms with E-state index in [1.807, 2.05) is 0 Å². The Kier molecular flexibility index (Phi) is 4.55. The molecule has 0 amide bonds. The van der Waals surface area contributed by atoms with E-state index in [2.05, 4.69) is 5.16 Å². The van der Waals surface area contributed by atoms with Gasteiger partial charge in [-0.3, -0.25) is 4.79 Å². The lowest BCUT2D eigenvalue weighted by Crippen LogP contribution is -2.31. The van der Waals surface area contributed by atoms with Crippen LogP contribution in [0, 0.1) is 6.92 Å². The van der Waals surface area contributed by atoms with Crippen LogP contribution in [-0.2, 0) is 6.54 Å². The molecule has 1 aromatic carbocycles. The lowest BCUT2D eigenvalue weighted by Gasteiger charge is -2.12. The number of nitrogens with zero attached hydrogens (tertiary/aromatic N) is 2. The molecule has 0 saturated heterocycles. The highest BCUT2D eigenvalue weighted by molar-refractivity contribution is 6.42. The molecule has 1 aromatic heterocycles. The maximum absolute atomic E-state index is 12.4. The van der Waals surface area contributed by atoms with Gasteiger partial charge >= 0.3 is 0 Å². The number of hydrogen-bond donors (Lipinski definition) is 2. The standard InChI is InChI=1S/C14H13Cl2N3O2/c1-8-2-4-10(13(17)18-21)14(20)19(8)7-9-3-5-11(15)12(16)6-9/h2-6,21H,7H2,1H3,(H2,17,18). The Hall–Kier alpha value is -1.98. The largest absolute Gasteiger partial charge is 0.409 e. The van der Waals surface area contributed by atoms with Crippen LogP contribution in [0.25, 0.3) is 0 Å². The summed E-state index contributed by atoms with van der Waals surface area (Å²) in [6, 6.07) is 8.42. The summed E-state index contributed by atoms with van der Waals surface area (Å²) in [5, 5.41) is 12.5. The van der Waals surface area contributed by atoms with Crippen LogP contribution >= 0.6 is 23.2 Å². The molecule has 0 unspecified atom stereocenters. The quantitative estimate of drug-likeness (QED) is 0.394. The molecule has 0 aliphatic heterocycles. The van der Waals surface area contributed by atoms with Crippen LogP contribution in [0.15, 0.2) is 40.3 Å². The first-order valence-corrected chi connectivity index (χ1v) is 6.82. The van der Waals surface area contributed by atoms with E-state index < -0.39 is 0 Å². The van der Waals surface area contributed by atoms with Gasteiger partial charge in [0.1, 0.15) is 0 Å². The molecule has 0 saturated carbocycles. The SMILES string of the molecule is Cc1ccc(/C(N)=N/O)c(=O)n1Cc1ccc(Cl)c(Cl)c1. The lowest BCUT2D eigenvalue weighted by atomic mass is 10.2. The molecule has 0 bridgehead atoms. The third kappa shape index (κ3) is 3.20. The van der Waals surface area contributed by atoms with Crippen LogP contribution in [0.4, 0.5) is 0 Å². The molecule has 5 nitrogen and oxygen atoms in total. The Morgan fingerprint density at radius 3 is 2.62 bits per heavy atom. The van der Waals surface area contributed by atoms with Gasteiger partial charge in [0.15, 0.2) is 5.84 Å². The number of rotatable bonds is 3. The summed E-state index contributed by atoms with van der Waals surface area (Å²) in [5.74, 6) is -0.220. The highest BCUT2D eigenvalue weighted by atomic mass is 35.5. The molecule has 0 atom stereocenters. The van der Waals surface area contributed by atoms with Crippen LogP contribution in [-0.4, -0.2) is 15.6 Å². The van der Waals surface area contributed by atoms with E-state index in [-0.39, 0.29) is 17.0 Å². The molecule has 0 fully saturated rings. The van der Waals surface area contributed by atoms with Gasteiger partial charge in [-0.2, -0.15) is 0 Å². The average Bonchev–Trinajstić information content (AvgIpc) is 2.46. The Labute approximate surface area is 131 Å². The molecule has 0 aliphatic rings. The van der Waals surface area contributed by atoms with Crippen molar-refractivity contribution < 1.29 is 5.21 Å². The number of benzene rings is 1. The van der Waals surface area contributed by atoms with Crippen molar-refractivity contribution in [2.24, 2.45) is 10.9 Å². The van der Waals surface area contributed by atoms with Gasteiger partial charge < -0.3 is 15.5 Å². The minimum Gasteiger partial charge on any atom is -0.409 e. The fourth-order valence-electron chi connectivity index (χ4n) is 1.94. The molecule has 0 radical (unpaired) electrons. The van der Waals surface area contributed by atoms with Crippen molar-refractivity contribution in [2.75, 3.05) is 0 Å². The summed E-state index contributed by atoms with van der Waals surface area (Å²) in [6.45, 7) is 2.11. The Balaban J connectivity index is 2.49. The second kappa shape index (κ2) is 6.20. The molecule has 2 aromatic rings. The predicted octanol–water partition coefficient (Wildman–Crippen LogP) is 2.61. The van der Waals surface area contributed by atoms with E-state index in [4.69, 9.17) is 34.1 Å². The lowest BCUT2D eigenvalue weighted by molar-refractivity contribution is 0.318. The van der Waals surface area contributed by atoms with E-state index in [1.165, 1.54) is 10.6 Å². The molecular weight excluding hydrogens is 313 g/mol. The second-order valence-electron chi connectivity index (χ2n) is 4.51. The Morgan fingerprint density at radius 2 is 2.00 bits per heavy atom. The highest BCUT2D eigenvalue weighted by Gasteiger charge is 2.11. The van der Waals surface area contributed by atoms with Gasteiger partial charge in [-0.15, -0.1) is 0 Å². The number of aromatic nitrogens is 1. The average molecular weight is 326 g/mol. The van der Waals surface area contributed by atoms with E-state index >= 15 is 0 Å². The predicted molar refractivity (Wildman–Crippen MR) is 83.5 cm³/mol. The van der Waals surface area contributed by atoms with Crippen molar-refractivity contribution >= 4 is 29.0 Å². The summed E-state index contributed by atoms with van der Waals surface area (Å²) >= 11 is 11.8. The van der Waals surface area contributed by atoms with E-state index in [9.17, 15) is 4.79 Å². The third-order valence-electron chi connectivity index (χ3n) is 3.10. The summed E-state index contributed by atoms with van der Waals surface area (Å²) in [6.07, 6.45) is 0. The molecule has 1 heterocycles. The van der Waals surface area contributed by atoms with E-state index in [0.717, 1.165) is 11.3 Å². The van der Waals surface area contributed by atoms with Gasteiger partial charge in [-0.1, -0.05) is 34.4 Å². The molecule has 0 spiro atoms.